The van der Waals surface area contributed by atoms with Crippen LogP contribution in [0.25, 0.3) is 0 Å². The standard InChI is InChI=1S/C15H17FN2O/c1-11(19)7-14-3-2-6-18(14)10-13-5-4-12(9-17)8-15(13)16/h4-5,8,14H,2-3,6-7,10H2,1H3. The first-order valence-electron chi connectivity index (χ1n) is 6.52. The van der Waals surface area contributed by atoms with Crippen LogP contribution in [0.4, 0.5) is 4.39 Å². The van der Waals surface area contributed by atoms with Crippen molar-refractivity contribution in [2.75, 3.05) is 6.54 Å². The number of carbonyl (C=O) groups excluding carboxylic acids is 1. The average molecular weight is 260 g/mol. The van der Waals surface area contributed by atoms with Crippen molar-refractivity contribution in [3.05, 3.63) is 35.1 Å². The van der Waals surface area contributed by atoms with E-state index in [1.54, 1.807) is 19.1 Å². The van der Waals surface area contributed by atoms with Crippen LogP contribution in [-0.2, 0) is 11.3 Å². The second-order valence-electron chi connectivity index (χ2n) is 5.09. The lowest BCUT2D eigenvalue weighted by Crippen LogP contribution is -2.30. The van der Waals surface area contributed by atoms with Gasteiger partial charge in [-0.3, -0.25) is 9.69 Å². The smallest absolute Gasteiger partial charge is 0.131 e. The van der Waals surface area contributed by atoms with Crippen molar-refractivity contribution in [3.63, 3.8) is 0 Å². The molecule has 0 bridgehead atoms. The summed E-state index contributed by atoms with van der Waals surface area (Å²) in [5, 5.41) is 8.71. The first-order valence-corrected chi connectivity index (χ1v) is 6.52. The summed E-state index contributed by atoms with van der Waals surface area (Å²) in [6, 6.07) is 6.72. The number of carbonyl (C=O) groups is 1. The van der Waals surface area contributed by atoms with Gasteiger partial charge in [0.2, 0.25) is 0 Å². The van der Waals surface area contributed by atoms with E-state index in [1.165, 1.54) is 6.07 Å². The lowest BCUT2D eigenvalue weighted by atomic mass is 10.1. The maximum absolute atomic E-state index is 13.8. The molecular weight excluding hydrogens is 243 g/mol. The molecule has 0 saturated carbocycles. The molecule has 0 aromatic heterocycles. The van der Waals surface area contributed by atoms with Crippen molar-refractivity contribution in [2.24, 2.45) is 0 Å². The van der Waals surface area contributed by atoms with E-state index in [1.807, 2.05) is 6.07 Å². The molecule has 1 fully saturated rings. The number of rotatable bonds is 4. The van der Waals surface area contributed by atoms with Crippen molar-refractivity contribution < 1.29 is 9.18 Å². The van der Waals surface area contributed by atoms with Crippen LogP contribution >= 0.6 is 0 Å². The van der Waals surface area contributed by atoms with Crippen LogP contribution in [0.5, 0.6) is 0 Å². The molecular formula is C15H17FN2O. The van der Waals surface area contributed by atoms with Gasteiger partial charge in [0.1, 0.15) is 11.6 Å². The van der Waals surface area contributed by atoms with Crippen LogP contribution in [0.3, 0.4) is 0 Å². The van der Waals surface area contributed by atoms with Gasteiger partial charge in [-0.25, -0.2) is 4.39 Å². The van der Waals surface area contributed by atoms with Crippen molar-refractivity contribution in [1.29, 1.82) is 5.26 Å². The third kappa shape index (κ3) is 3.39. The van der Waals surface area contributed by atoms with Gasteiger partial charge in [0.05, 0.1) is 11.6 Å². The van der Waals surface area contributed by atoms with E-state index in [-0.39, 0.29) is 17.6 Å². The molecule has 4 heteroatoms. The summed E-state index contributed by atoms with van der Waals surface area (Å²) in [4.78, 5) is 13.4. The van der Waals surface area contributed by atoms with E-state index >= 15 is 0 Å². The molecule has 2 rings (SSSR count). The van der Waals surface area contributed by atoms with Crippen LogP contribution in [0.15, 0.2) is 18.2 Å². The van der Waals surface area contributed by atoms with E-state index in [0.29, 0.717) is 24.1 Å². The van der Waals surface area contributed by atoms with E-state index < -0.39 is 0 Å². The Morgan fingerprint density at radius 1 is 1.58 bits per heavy atom. The molecule has 0 N–H and O–H groups in total. The molecule has 3 nitrogen and oxygen atoms in total. The normalized spacial score (nSPS) is 19.3. The molecule has 19 heavy (non-hydrogen) atoms. The zero-order chi connectivity index (χ0) is 13.8. The predicted molar refractivity (Wildman–Crippen MR) is 69.8 cm³/mol. The summed E-state index contributed by atoms with van der Waals surface area (Å²) in [5.74, 6) is -0.162. The molecule has 1 saturated heterocycles. The van der Waals surface area contributed by atoms with E-state index in [9.17, 15) is 9.18 Å². The molecule has 0 spiro atoms. The van der Waals surface area contributed by atoms with Crippen LogP contribution in [-0.4, -0.2) is 23.3 Å². The fourth-order valence-electron chi connectivity index (χ4n) is 2.63. The summed E-state index contributed by atoms with van der Waals surface area (Å²) < 4.78 is 13.8. The Bertz CT molecular complexity index is 521. The molecule has 1 unspecified atom stereocenters. The summed E-state index contributed by atoms with van der Waals surface area (Å²) >= 11 is 0. The molecule has 1 aliphatic heterocycles. The highest BCUT2D eigenvalue weighted by atomic mass is 19.1. The molecule has 100 valence electrons. The van der Waals surface area contributed by atoms with E-state index in [2.05, 4.69) is 4.90 Å². The molecule has 1 aliphatic rings. The number of Topliss-reactive ketones (excluding diaryl/α,β-unsaturated/α-hetero) is 1. The molecule has 0 amide bonds. The van der Waals surface area contributed by atoms with Crippen molar-refractivity contribution >= 4 is 5.78 Å². The van der Waals surface area contributed by atoms with Gasteiger partial charge in [0.25, 0.3) is 0 Å². The minimum atomic E-state index is -0.340. The Labute approximate surface area is 112 Å². The van der Waals surface area contributed by atoms with Crippen molar-refractivity contribution in [3.8, 4) is 6.07 Å². The first kappa shape index (κ1) is 13.7. The van der Waals surface area contributed by atoms with Crippen molar-refractivity contribution in [1.82, 2.24) is 4.90 Å². The van der Waals surface area contributed by atoms with Gasteiger partial charge < -0.3 is 0 Å². The molecule has 1 aromatic carbocycles. The van der Waals surface area contributed by atoms with Gasteiger partial charge in [0, 0.05) is 24.6 Å². The molecule has 0 radical (unpaired) electrons. The van der Waals surface area contributed by atoms with Crippen LogP contribution in [0, 0.1) is 17.1 Å². The Morgan fingerprint density at radius 3 is 3.00 bits per heavy atom. The molecule has 1 heterocycles. The minimum absolute atomic E-state index is 0.178. The second kappa shape index (κ2) is 5.94. The second-order valence-corrected chi connectivity index (χ2v) is 5.09. The minimum Gasteiger partial charge on any atom is -0.300 e. The quantitative estimate of drug-likeness (QED) is 0.836. The monoisotopic (exact) mass is 260 g/mol. The zero-order valence-electron chi connectivity index (χ0n) is 11.0. The number of benzene rings is 1. The van der Waals surface area contributed by atoms with Gasteiger partial charge in [-0.15, -0.1) is 0 Å². The first-order chi connectivity index (χ1) is 9.10. The van der Waals surface area contributed by atoms with E-state index in [0.717, 1.165) is 19.4 Å². The predicted octanol–water partition coefficient (Wildman–Crippen LogP) is 2.64. The van der Waals surface area contributed by atoms with Crippen LogP contribution in [0.1, 0.15) is 37.3 Å². The highest BCUT2D eigenvalue weighted by Gasteiger charge is 2.26. The summed E-state index contributed by atoms with van der Waals surface area (Å²) in [6.45, 7) is 3.01. The Kier molecular flexibility index (Phi) is 4.28. The fraction of sp³-hybridized carbons (Fsp3) is 0.467. The topological polar surface area (TPSA) is 44.1 Å². The Morgan fingerprint density at radius 2 is 2.37 bits per heavy atom. The SMILES string of the molecule is CC(=O)CC1CCCN1Cc1ccc(C#N)cc1F. The number of likely N-dealkylation sites (tertiary alicyclic amines) is 1. The third-order valence-electron chi connectivity index (χ3n) is 3.58. The average Bonchev–Trinajstić information content (AvgIpc) is 2.78. The van der Waals surface area contributed by atoms with Gasteiger partial charge in [0.15, 0.2) is 0 Å². The molecule has 0 aliphatic carbocycles. The summed E-state index contributed by atoms with van der Waals surface area (Å²) in [5.41, 5.74) is 0.928. The molecule has 1 aromatic rings. The Balaban J connectivity index is 2.08. The maximum atomic E-state index is 13.8. The van der Waals surface area contributed by atoms with Crippen molar-refractivity contribution in [2.45, 2.75) is 38.8 Å². The largest absolute Gasteiger partial charge is 0.300 e. The van der Waals surface area contributed by atoms with E-state index in [4.69, 9.17) is 5.26 Å². The number of nitrogens with zero attached hydrogens (tertiary/aromatic N) is 2. The lowest BCUT2D eigenvalue weighted by molar-refractivity contribution is -0.118. The Hall–Kier alpha value is -1.73. The highest BCUT2D eigenvalue weighted by Crippen LogP contribution is 2.23. The summed E-state index contributed by atoms with van der Waals surface area (Å²) in [7, 11) is 0. The van der Waals surface area contributed by atoms with Gasteiger partial charge in [-0.2, -0.15) is 5.26 Å². The summed E-state index contributed by atoms with van der Waals surface area (Å²) in [6.07, 6.45) is 2.59. The maximum Gasteiger partial charge on any atom is 0.131 e. The zero-order valence-corrected chi connectivity index (χ0v) is 11.0. The highest BCUT2D eigenvalue weighted by molar-refractivity contribution is 5.76. The van der Waals surface area contributed by atoms with Crippen LogP contribution in [0.2, 0.25) is 0 Å². The fourth-order valence-corrected chi connectivity index (χ4v) is 2.63. The number of halogens is 1. The number of ketones is 1. The molecule has 1 atom stereocenters. The third-order valence-corrected chi connectivity index (χ3v) is 3.58. The van der Waals surface area contributed by atoms with Gasteiger partial charge >= 0.3 is 0 Å². The number of hydrogen-bond acceptors (Lipinski definition) is 3. The number of hydrogen-bond donors (Lipinski definition) is 0. The van der Waals surface area contributed by atoms with Crippen LogP contribution < -0.4 is 0 Å². The number of nitriles is 1. The lowest BCUT2D eigenvalue weighted by Gasteiger charge is -2.23. The van der Waals surface area contributed by atoms with Gasteiger partial charge in [-0.1, -0.05) is 6.07 Å². The van der Waals surface area contributed by atoms with Gasteiger partial charge in [-0.05, 0) is 38.4 Å².